The molecule has 1 aromatic carbocycles. The van der Waals surface area contributed by atoms with Crippen molar-refractivity contribution >= 4 is 29.1 Å². The highest BCUT2D eigenvalue weighted by Gasteiger charge is 2.61. The highest BCUT2D eigenvalue weighted by molar-refractivity contribution is 6.30. The first kappa shape index (κ1) is 25.6. The summed E-state index contributed by atoms with van der Waals surface area (Å²) in [6, 6.07) is 3.48. The molecule has 4 nitrogen and oxygen atoms in total. The minimum absolute atomic E-state index is 0.0183. The van der Waals surface area contributed by atoms with Gasteiger partial charge in [-0.25, -0.2) is 0 Å². The normalized spacial score (nSPS) is 36.3. The zero-order valence-electron chi connectivity index (χ0n) is 21.3. The summed E-state index contributed by atoms with van der Waals surface area (Å²) >= 11 is 5.82. The van der Waals surface area contributed by atoms with Gasteiger partial charge in [0.05, 0.1) is 11.3 Å². The number of alkyl halides is 3. The average Bonchev–Trinajstić information content (AvgIpc) is 3.14. The Labute approximate surface area is 215 Å². The van der Waals surface area contributed by atoms with Crippen LogP contribution in [0.2, 0.25) is 5.02 Å². The molecule has 0 radical (unpaired) electrons. The molecule has 0 bridgehead atoms. The van der Waals surface area contributed by atoms with Crippen molar-refractivity contribution in [2.24, 2.45) is 34.5 Å². The summed E-state index contributed by atoms with van der Waals surface area (Å²) in [6.45, 7) is 6.63. The predicted molar refractivity (Wildman–Crippen MR) is 133 cm³/mol. The van der Waals surface area contributed by atoms with Gasteiger partial charge >= 0.3 is 6.18 Å². The van der Waals surface area contributed by atoms with E-state index >= 15 is 0 Å². The summed E-state index contributed by atoms with van der Waals surface area (Å²) in [4.78, 5) is 27.8. The summed E-state index contributed by atoms with van der Waals surface area (Å²) in [7, 11) is 1.90. The lowest BCUT2D eigenvalue weighted by Gasteiger charge is -2.59. The molecule has 6 atom stereocenters. The molecule has 2 saturated carbocycles. The minimum atomic E-state index is -4.61. The Morgan fingerprint density at radius 2 is 1.86 bits per heavy atom. The molecule has 2 amide bonds. The molecule has 3 fully saturated rings. The van der Waals surface area contributed by atoms with Crippen LogP contribution in [0.1, 0.15) is 71.3 Å². The molecule has 196 valence electrons. The first-order chi connectivity index (χ1) is 16.8. The lowest BCUT2D eigenvalue weighted by molar-refractivity contribution is -0.138. The van der Waals surface area contributed by atoms with E-state index in [0.29, 0.717) is 30.6 Å². The molecule has 5 rings (SSSR count). The fraction of sp³-hybridized carbons (Fsp3) is 0.643. The lowest BCUT2D eigenvalue weighted by atomic mass is 9.48. The maximum absolute atomic E-state index is 13.6. The van der Waals surface area contributed by atoms with Gasteiger partial charge < -0.3 is 10.2 Å². The van der Waals surface area contributed by atoms with Crippen molar-refractivity contribution < 1.29 is 22.8 Å². The summed E-state index contributed by atoms with van der Waals surface area (Å²) in [5.74, 6) is 0.700. The molecule has 36 heavy (non-hydrogen) atoms. The topological polar surface area (TPSA) is 49.4 Å². The number of amides is 2. The van der Waals surface area contributed by atoms with Gasteiger partial charge in [-0.2, -0.15) is 13.2 Å². The van der Waals surface area contributed by atoms with Gasteiger partial charge in [0.2, 0.25) is 11.8 Å². The number of halogens is 4. The van der Waals surface area contributed by atoms with E-state index in [4.69, 9.17) is 11.6 Å². The van der Waals surface area contributed by atoms with Crippen molar-refractivity contribution in [1.82, 2.24) is 4.90 Å². The standard InChI is InChI=1S/C28H34ClF3N2O2/c1-15-13-17-18-6-7-20(25(36)33-22-8-5-16(29)14-21(22)28(30,31)32)26(18,2)11-9-19(17)27(3)12-10-23(35)34(4)24(15)27/h5,8,14,17-20H,6-7,9-13H2,1-4H3,(H,33,36)/t17-,18-,19-,20+,26-,27+/m0/s1. The number of carbonyl (C=O) groups excluding carboxylic acids is 2. The number of hydrogen-bond acceptors (Lipinski definition) is 2. The zero-order valence-corrected chi connectivity index (χ0v) is 22.0. The van der Waals surface area contributed by atoms with Crippen LogP contribution in [-0.4, -0.2) is 23.8 Å². The maximum atomic E-state index is 13.6. The summed E-state index contributed by atoms with van der Waals surface area (Å²) in [5, 5.41) is 2.60. The van der Waals surface area contributed by atoms with E-state index in [1.54, 1.807) is 0 Å². The van der Waals surface area contributed by atoms with Crippen LogP contribution >= 0.6 is 11.6 Å². The molecular formula is C28H34ClF3N2O2. The molecule has 1 aromatic rings. The molecule has 0 unspecified atom stereocenters. The fourth-order valence-corrected chi connectivity index (χ4v) is 8.79. The number of benzene rings is 1. The molecule has 0 spiro atoms. The number of nitrogens with one attached hydrogen (secondary N) is 1. The number of anilines is 1. The fourth-order valence-electron chi connectivity index (χ4n) is 8.62. The van der Waals surface area contributed by atoms with Crippen molar-refractivity contribution in [2.45, 2.75) is 71.9 Å². The molecule has 0 aromatic heterocycles. The molecule has 1 N–H and O–H groups in total. The van der Waals surface area contributed by atoms with Crippen LogP contribution in [-0.2, 0) is 15.8 Å². The second-order valence-electron chi connectivity index (χ2n) is 11.9. The number of likely N-dealkylation sites (tertiary alicyclic amines) is 1. The van der Waals surface area contributed by atoms with Crippen molar-refractivity contribution in [2.75, 3.05) is 12.4 Å². The number of piperidine rings is 1. The third-order valence-electron chi connectivity index (χ3n) is 10.2. The highest BCUT2D eigenvalue weighted by Crippen LogP contribution is 2.67. The Morgan fingerprint density at radius 3 is 2.56 bits per heavy atom. The Bertz CT molecular complexity index is 1150. The van der Waals surface area contributed by atoms with Gasteiger partial charge in [-0.15, -0.1) is 0 Å². The second-order valence-corrected chi connectivity index (χ2v) is 12.4. The van der Waals surface area contributed by atoms with Crippen molar-refractivity contribution in [3.8, 4) is 0 Å². The van der Waals surface area contributed by atoms with Crippen LogP contribution in [0.15, 0.2) is 29.5 Å². The molecule has 8 heteroatoms. The van der Waals surface area contributed by atoms with Gasteiger partial charge in [0.15, 0.2) is 0 Å². The smallest absolute Gasteiger partial charge is 0.325 e. The predicted octanol–water partition coefficient (Wildman–Crippen LogP) is 7.29. The van der Waals surface area contributed by atoms with Gasteiger partial charge in [-0.1, -0.05) is 31.0 Å². The van der Waals surface area contributed by atoms with Crippen LogP contribution in [0, 0.1) is 34.5 Å². The first-order valence-corrected chi connectivity index (χ1v) is 13.3. The van der Waals surface area contributed by atoms with E-state index in [0.717, 1.165) is 38.2 Å². The molecular weight excluding hydrogens is 489 g/mol. The van der Waals surface area contributed by atoms with Crippen LogP contribution in [0.3, 0.4) is 0 Å². The van der Waals surface area contributed by atoms with E-state index in [9.17, 15) is 22.8 Å². The van der Waals surface area contributed by atoms with E-state index in [1.165, 1.54) is 23.4 Å². The Hall–Kier alpha value is -2.02. The number of nitrogens with zero attached hydrogens (tertiary/aromatic N) is 1. The number of rotatable bonds is 2. The number of carbonyl (C=O) groups is 2. The first-order valence-electron chi connectivity index (χ1n) is 12.9. The second kappa shape index (κ2) is 8.50. The third kappa shape index (κ3) is 3.79. The number of hydrogen-bond donors (Lipinski definition) is 1. The quantitative estimate of drug-likeness (QED) is 0.443. The van der Waals surface area contributed by atoms with Gasteiger partial charge in [0, 0.05) is 35.5 Å². The van der Waals surface area contributed by atoms with Gasteiger partial charge in [0.1, 0.15) is 0 Å². The summed E-state index contributed by atoms with van der Waals surface area (Å²) in [6.07, 6.45) is 1.12. The van der Waals surface area contributed by atoms with Crippen molar-refractivity contribution in [1.29, 1.82) is 0 Å². The van der Waals surface area contributed by atoms with Crippen LogP contribution in [0.5, 0.6) is 0 Å². The number of allylic oxidation sites excluding steroid dienone is 2. The summed E-state index contributed by atoms with van der Waals surface area (Å²) in [5.41, 5.74) is 0.987. The Balaban J connectivity index is 1.42. The van der Waals surface area contributed by atoms with E-state index < -0.39 is 11.7 Å². The molecule has 1 heterocycles. The highest BCUT2D eigenvalue weighted by atomic mass is 35.5. The van der Waals surface area contributed by atoms with Gasteiger partial charge in [-0.05, 0) is 86.8 Å². The Kier molecular flexibility index (Phi) is 6.05. The van der Waals surface area contributed by atoms with Crippen LogP contribution in [0.4, 0.5) is 18.9 Å². The molecule has 1 aliphatic heterocycles. The largest absolute Gasteiger partial charge is 0.418 e. The van der Waals surface area contributed by atoms with E-state index in [1.807, 2.05) is 11.9 Å². The van der Waals surface area contributed by atoms with Crippen molar-refractivity contribution in [3.05, 3.63) is 40.1 Å². The van der Waals surface area contributed by atoms with Crippen LogP contribution in [0.25, 0.3) is 0 Å². The van der Waals surface area contributed by atoms with Crippen LogP contribution < -0.4 is 5.32 Å². The molecule has 4 aliphatic rings. The van der Waals surface area contributed by atoms with Gasteiger partial charge in [-0.3, -0.25) is 9.59 Å². The van der Waals surface area contributed by atoms with E-state index in [-0.39, 0.29) is 39.3 Å². The van der Waals surface area contributed by atoms with Crippen molar-refractivity contribution in [3.63, 3.8) is 0 Å². The molecule has 1 saturated heterocycles. The summed E-state index contributed by atoms with van der Waals surface area (Å²) < 4.78 is 40.8. The molecule has 3 aliphatic carbocycles. The van der Waals surface area contributed by atoms with Gasteiger partial charge in [0.25, 0.3) is 0 Å². The SMILES string of the molecule is CC1=C2N(C)C(=O)CC[C@]2(C)[C@H]2CC[C@]3(C)[C@@H](C(=O)Nc4ccc(Cl)cc4C(F)(F)F)CC[C@H]3[C@@H]2C1. The maximum Gasteiger partial charge on any atom is 0.418 e. The number of fused-ring (bicyclic) bond motifs is 5. The average molecular weight is 523 g/mol. The van der Waals surface area contributed by atoms with E-state index in [2.05, 4.69) is 26.1 Å². The third-order valence-corrected chi connectivity index (χ3v) is 10.4. The lowest BCUT2D eigenvalue weighted by Crippen LogP contribution is -2.54. The zero-order chi connectivity index (χ0) is 26.2. The Morgan fingerprint density at radius 1 is 1.14 bits per heavy atom. The minimum Gasteiger partial charge on any atom is -0.325 e. The monoisotopic (exact) mass is 522 g/mol.